The number of hydrogen-bond donors (Lipinski definition) is 1. The normalized spacial score (nSPS) is 10.9. The van der Waals surface area contributed by atoms with E-state index < -0.39 is 5.97 Å². The molecule has 0 fully saturated rings. The Kier molecular flexibility index (Phi) is 3.18. The lowest BCUT2D eigenvalue weighted by Crippen LogP contribution is -2.01. The Labute approximate surface area is 116 Å². The lowest BCUT2D eigenvalue weighted by Gasteiger charge is -2.04. The van der Waals surface area contributed by atoms with Crippen LogP contribution in [-0.2, 0) is 4.79 Å². The Morgan fingerprint density at radius 2 is 2.37 bits per heavy atom. The number of hydrogen-bond acceptors (Lipinski definition) is 6. The first kappa shape index (κ1) is 12.1. The van der Waals surface area contributed by atoms with E-state index in [1.165, 1.54) is 0 Å². The summed E-state index contributed by atoms with van der Waals surface area (Å²) >= 11 is 2.70. The minimum atomic E-state index is -0.877. The maximum Gasteiger partial charge on any atom is 0.313 e. The van der Waals surface area contributed by atoms with Gasteiger partial charge in [0.2, 0.25) is 0 Å². The predicted molar refractivity (Wildman–Crippen MR) is 72.9 cm³/mol. The van der Waals surface area contributed by atoms with E-state index in [2.05, 4.69) is 15.2 Å². The number of fused-ring (bicyclic) bond motifs is 1. The lowest BCUT2D eigenvalue weighted by molar-refractivity contribution is -0.133. The van der Waals surface area contributed by atoms with E-state index in [1.807, 2.05) is 18.2 Å². The van der Waals surface area contributed by atoms with E-state index in [1.54, 1.807) is 27.7 Å². The second-order valence-corrected chi connectivity index (χ2v) is 5.50. The molecule has 2 heterocycles. The van der Waals surface area contributed by atoms with E-state index in [0.29, 0.717) is 5.16 Å². The van der Waals surface area contributed by atoms with Crippen LogP contribution in [0.5, 0.6) is 0 Å². The quantitative estimate of drug-likeness (QED) is 0.741. The summed E-state index contributed by atoms with van der Waals surface area (Å²) in [6.07, 6.45) is 1.58. The summed E-state index contributed by atoms with van der Waals surface area (Å²) in [5, 5.41) is 17.0. The molecule has 0 amide bonds. The van der Waals surface area contributed by atoms with Crippen molar-refractivity contribution in [3.63, 3.8) is 0 Å². The molecule has 3 aromatic rings. The Morgan fingerprint density at radius 1 is 1.47 bits per heavy atom. The van der Waals surface area contributed by atoms with Crippen LogP contribution in [0.3, 0.4) is 0 Å². The van der Waals surface area contributed by atoms with Gasteiger partial charge in [-0.05, 0) is 18.2 Å². The maximum atomic E-state index is 10.6. The van der Waals surface area contributed by atoms with Crippen LogP contribution in [0, 0.1) is 0 Å². The van der Waals surface area contributed by atoms with Crippen molar-refractivity contribution in [1.82, 2.24) is 19.7 Å². The molecule has 0 aliphatic heterocycles. The molecule has 1 N–H and O–H groups in total. The second kappa shape index (κ2) is 4.98. The molecule has 0 aliphatic carbocycles. The van der Waals surface area contributed by atoms with Crippen LogP contribution in [-0.4, -0.2) is 36.6 Å². The number of carbonyl (C=O) groups is 1. The predicted octanol–water partition coefficient (Wildman–Crippen LogP) is 2.05. The van der Waals surface area contributed by atoms with E-state index in [0.717, 1.165) is 27.7 Å². The van der Waals surface area contributed by atoms with E-state index in [-0.39, 0.29) is 5.75 Å². The second-order valence-electron chi connectivity index (χ2n) is 3.67. The van der Waals surface area contributed by atoms with Gasteiger partial charge in [0.1, 0.15) is 6.33 Å². The van der Waals surface area contributed by atoms with E-state index in [4.69, 9.17) is 5.11 Å². The van der Waals surface area contributed by atoms with Gasteiger partial charge in [0.05, 0.1) is 27.2 Å². The number of rotatable bonds is 4. The van der Waals surface area contributed by atoms with E-state index in [9.17, 15) is 4.79 Å². The molecule has 6 nitrogen and oxygen atoms in total. The largest absolute Gasteiger partial charge is 0.481 e. The average molecular weight is 292 g/mol. The third-order valence-electron chi connectivity index (χ3n) is 2.43. The zero-order chi connectivity index (χ0) is 13.2. The number of carboxylic acid groups (broad SMARTS) is 1. The number of thiazole rings is 1. The summed E-state index contributed by atoms with van der Waals surface area (Å²) in [4.78, 5) is 14.8. The summed E-state index contributed by atoms with van der Waals surface area (Å²) in [5.41, 5.74) is 3.64. The van der Waals surface area contributed by atoms with Crippen molar-refractivity contribution in [2.45, 2.75) is 5.16 Å². The van der Waals surface area contributed by atoms with Crippen LogP contribution >= 0.6 is 23.1 Å². The monoisotopic (exact) mass is 292 g/mol. The van der Waals surface area contributed by atoms with Gasteiger partial charge in [0.25, 0.3) is 0 Å². The Balaban J connectivity index is 1.96. The van der Waals surface area contributed by atoms with Crippen LogP contribution in [0.4, 0.5) is 0 Å². The number of benzene rings is 1. The molecule has 8 heteroatoms. The summed E-state index contributed by atoms with van der Waals surface area (Å²) in [6.45, 7) is 0. The van der Waals surface area contributed by atoms with Gasteiger partial charge < -0.3 is 5.11 Å². The Bertz CT molecular complexity index is 737. The average Bonchev–Trinajstić information content (AvgIpc) is 3.04. The lowest BCUT2D eigenvalue weighted by atomic mass is 10.3. The molecule has 0 spiro atoms. The number of nitrogens with zero attached hydrogens (tertiary/aromatic N) is 4. The Morgan fingerprint density at radius 3 is 3.21 bits per heavy atom. The summed E-state index contributed by atoms with van der Waals surface area (Å²) in [7, 11) is 0. The smallest absolute Gasteiger partial charge is 0.313 e. The standard InChI is InChI=1S/C11H8N4O2S2/c16-10(17)4-18-11-14-13-5-15(11)7-1-2-8-9(3-7)19-6-12-8/h1-3,5-6H,4H2,(H,16,17). The van der Waals surface area contributed by atoms with Gasteiger partial charge in [-0.2, -0.15) is 0 Å². The molecule has 3 rings (SSSR count). The molecule has 2 aromatic heterocycles. The van der Waals surface area contributed by atoms with Gasteiger partial charge >= 0.3 is 5.97 Å². The fourth-order valence-electron chi connectivity index (χ4n) is 1.62. The van der Waals surface area contributed by atoms with Crippen LogP contribution in [0.1, 0.15) is 0 Å². The highest BCUT2D eigenvalue weighted by atomic mass is 32.2. The number of aromatic nitrogens is 4. The van der Waals surface area contributed by atoms with Crippen LogP contribution in [0.2, 0.25) is 0 Å². The van der Waals surface area contributed by atoms with Gasteiger partial charge in [-0.15, -0.1) is 21.5 Å². The first-order valence-electron chi connectivity index (χ1n) is 5.32. The SMILES string of the molecule is O=C(O)CSc1nncn1-c1ccc2ncsc2c1. The van der Waals surface area contributed by atoms with E-state index >= 15 is 0 Å². The third-order valence-corrected chi connectivity index (χ3v) is 4.15. The van der Waals surface area contributed by atoms with Gasteiger partial charge in [-0.25, -0.2) is 4.98 Å². The highest BCUT2D eigenvalue weighted by molar-refractivity contribution is 7.99. The van der Waals surface area contributed by atoms with Gasteiger partial charge in [-0.1, -0.05) is 11.8 Å². The van der Waals surface area contributed by atoms with Crippen molar-refractivity contribution in [3.05, 3.63) is 30.0 Å². The first-order valence-corrected chi connectivity index (χ1v) is 7.19. The molecule has 0 aliphatic rings. The molecule has 96 valence electrons. The van der Waals surface area contributed by atoms with Gasteiger partial charge in [0.15, 0.2) is 5.16 Å². The summed E-state index contributed by atoms with van der Waals surface area (Å²) in [5.74, 6) is -0.918. The molecule has 19 heavy (non-hydrogen) atoms. The third kappa shape index (κ3) is 2.45. The fraction of sp³-hybridized carbons (Fsp3) is 0.0909. The van der Waals surface area contributed by atoms with Crippen molar-refractivity contribution in [2.24, 2.45) is 0 Å². The zero-order valence-electron chi connectivity index (χ0n) is 9.55. The number of aliphatic carboxylic acids is 1. The fourth-order valence-corrected chi connectivity index (χ4v) is 2.98. The van der Waals surface area contributed by atoms with Crippen molar-refractivity contribution < 1.29 is 9.90 Å². The zero-order valence-corrected chi connectivity index (χ0v) is 11.2. The molecule has 0 saturated heterocycles. The molecule has 1 aromatic carbocycles. The highest BCUT2D eigenvalue weighted by Crippen LogP contribution is 2.24. The Hall–Kier alpha value is -1.93. The van der Waals surface area contributed by atoms with Gasteiger partial charge in [0, 0.05) is 0 Å². The molecule has 0 unspecified atom stereocenters. The highest BCUT2D eigenvalue weighted by Gasteiger charge is 2.10. The molecule has 0 atom stereocenters. The molecule has 0 saturated carbocycles. The molecule has 0 radical (unpaired) electrons. The van der Waals surface area contributed by atoms with Crippen LogP contribution in [0.15, 0.2) is 35.2 Å². The van der Waals surface area contributed by atoms with Crippen molar-refractivity contribution in [1.29, 1.82) is 0 Å². The maximum absolute atomic E-state index is 10.6. The minimum Gasteiger partial charge on any atom is -0.481 e. The number of carboxylic acids is 1. The van der Waals surface area contributed by atoms with Gasteiger partial charge in [-0.3, -0.25) is 9.36 Å². The van der Waals surface area contributed by atoms with Crippen molar-refractivity contribution >= 4 is 39.3 Å². The van der Waals surface area contributed by atoms with Crippen LogP contribution in [0.25, 0.3) is 15.9 Å². The topological polar surface area (TPSA) is 80.9 Å². The minimum absolute atomic E-state index is 0.0402. The van der Waals surface area contributed by atoms with Crippen molar-refractivity contribution in [3.8, 4) is 5.69 Å². The van der Waals surface area contributed by atoms with Crippen LogP contribution < -0.4 is 0 Å². The number of thioether (sulfide) groups is 1. The molecule has 0 bridgehead atoms. The van der Waals surface area contributed by atoms with Crippen molar-refractivity contribution in [2.75, 3.05) is 5.75 Å². The first-order chi connectivity index (χ1) is 9.24. The molecular weight excluding hydrogens is 284 g/mol. The summed E-state index contributed by atoms with van der Waals surface area (Å²) < 4.78 is 2.84. The molecular formula is C11H8N4O2S2. The summed E-state index contributed by atoms with van der Waals surface area (Å²) in [6, 6.07) is 5.82.